The summed E-state index contributed by atoms with van der Waals surface area (Å²) in [6.45, 7) is 0. The highest BCUT2D eigenvalue weighted by Crippen LogP contribution is 2.52. The minimum atomic E-state index is -2.57. The minimum Gasteiger partial charge on any atom is -0.508 e. The number of aromatic hydroxyl groups is 1. The van der Waals surface area contributed by atoms with Crippen LogP contribution in [0.1, 0.15) is 35.1 Å². The van der Waals surface area contributed by atoms with Crippen LogP contribution in [0, 0.1) is 11.8 Å². The summed E-state index contributed by atoms with van der Waals surface area (Å²) in [6, 6.07) is 10.8. The zero-order valence-corrected chi connectivity index (χ0v) is 20.4. The molecule has 0 aliphatic heterocycles. The van der Waals surface area contributed by atoms with E-state index in [-0.39, 0.29) is 36.1 Å². The summed E-state index contributed by atoms with van der Waals surface area (Å²) in [6.07, 6.45) is 3.72. The molecule has 8 nitrogen and oxygen atoms in total. The van der Waals surface area contributed by atoms with Crippen molar-refractivity contribution in [2.45, 2.75) is 24.9 Å². The van der Waals surface area contributed by atoms with E-state index >= 15 is 0 Å². The molecule has 0 saturated heterocycles. The summed E-state index contributed by atoms with van der Waals surface area (Å²) in [4.78, 5) is 37.7. The maximum absolute atomic E-state index is 13.5. The van der Waals surface area contributed by atoms with Crippen molar-refractivity contribution < 1.29 is 34.8 Å². The molecule has 0 heterocycles. The number of halogens is 1. The number of carbonyl (C=O) groups excluding carboxylic acids is 3. The van der Waals surface area contributed by atoms with Crippen LogP contribution in [-0.4, -0.2) is 43.5 Å². The number of phenols is 1. The van der Waals surface area contributed by atoms with Gasteiger partial charge in [-0.05, 0) is 53.6 Å². The lowest BCUT2D eigenvalue weighted by atomic mass is 9.59. The highest BCUT2D eigenvalue weighted by atomic mass is 79.9. The predicted octanol–water partition coefficient (Wildman–Crippen LogP) is 3.36. The third kappa shape index (κ3) is 3.50. The normalized spacial score (nSPS) is 25.6. The van der Waals surface area contributed by atoms with Crippen LogP contribution in [0.2, 0.25) is 0 Å². The molecule has 1 fully saturated rings. The molecule has 3 aliphatic rings. The molecule has 0 radical (unpaired) electrons. The Morgan fingerprint density at radius 2 is 1.72 bits per heavy atom. The Balaban J connectivity index is 1.62. The number of Topliss-reactive ketones (excluding diaryl/α,β-unsaturated/α-hetero) is 2. The third-order valence-electron chi connectivity index (χ3n) is 7.31. The van der Waals surface area contributed by atoms with Gasteiger partial charge < -0.3 is 26.2 Å². The standard InChI is InChI=1S/C27H22BrNO7/c28-16-6-2-12(3-7-16)1-4-13-5-8-18(30)21-17(13)10-14-9-15-11-19(31)22(26(29)35)25(34)27(15,36)24(33)20(14)23(21)32/h1-8,14-15,30,32,34,36H,9-11H2,(H2,29,35)/b4-1+/t14-,15+,27+/m1/s1. The van der Waals surface area contributed by atoms with Crippen LogP contribution in [0.25, 0.3) is 17.9 Å². The first kappa shape index (κ1) is 24.0. The maximum atomic E-state index is 13.5. The van der Waals surface area contributed by atoms with Crippen molar-refractivity contribution in [3.8, 4) is 5.75 Å². The number of aliphatic hydroxyl groups is 3. The number of hydrogen-bond donors (Lipinski definition) is 5. The number of ketones is 2. The molecule has 6 N–H and O–H groups in total. The van der Waals surface area contributed by atoms with Gasteiger partial charge in [0.1, 0.15) is 22.8 Å². The molecule has 5 rings (SSSR count). The van der Waals surface area contributed by atoms with Crippen LogP contribution in [-0.2, 0) is 20.8 Å². The number of carbonyl (C=O) groups is 3. The highest BCUT2D eigenvalue weighted by molar-refractivity contribution is 9.10. The van der Waals surface area contributed by atoms with E-state index in [1.807, 2.05) is 36.4 Å². The fourth-order valence-corrected chi connectivity index (χ4v) is 5.83. The molecule has 0 spiro atoms. The van der Waals surface area contributed by atoms with E-state index in [1.54, 1.807) is 6.07 Å². The predicted molar refractivity (Wildman–Crippen MR) is 134 cm³/mol. The first-order valence-corrected chi connectivity index (χ1v) is 12.1. The van der Waals surface area contributed by atoms with Gasteiger partial charge in [-0.2, -0.15) is 0 Å². The van der Waals surface area contributed by atoms with E-state index in [4.69, 9.17) is 5.73 Å². The fourth-order valence-electron chi connectivity index (χ4n) is 5.56. The molecule has 184 valence electrons. The van der Waals surface area contributed by atoms with Crippen molar-refractivity contribution in [2.24, 2.45) is 17.6 Å². The molecule has 1 saturated carbocycles. The lowest BCUT2D eigenvalue weighted by Crippen LogP contribution is -2.58. The summed E-state index contributed by atoms with van der Waals surface area (Å²) in [5.41, 5.74) is 4.03. The molecule has 2 aromatic rings. The molecule has 36 heavy (non-hydrogen) atoms. The molecular formula is C27H22BrNO7. The Morgan fingerprint density at radius 3 is 2.39 bits per heavy atom. The van der Waals surface area contributed by atoms with Crippen LogP contribution in [0.5, 0.6) is 5.75 Å². The first-order valence-electron chi connectivity index (χ1n) is 11.3. The topological polar surface area (TPSA) is 158 Å². The number of amides is 1. The number of fused-ring (bicyclic) bond motifs is 3. The van der Waals surface area contributed by atoms with Crippen LogP contribution < -0.4 is 5.73 Å². The van der Waals surface area contributed by atoms with E-state index in [1.165, 1.54) is 6.07 Å². The zero-order valence-electron chi connectivity index (χ0n) is 18.9. The molecule has 2 aromatic carbocycles. The number of phenolic OH excluding ortho intramolecular Hbond substituents is 1. The average Bonchev–Trinajstić information content (AvgIpc) is 2.81. The molecule has 3 aliphatic carbocycles. The third-order valence-corrected chi connectivity index (χ3v) is 7.84. The van der Waals surface area contributed by atoms with Gasteiger partial charge in [0.2, 0.25) is 5.78 Å². The molecule has 3 atom stereocenters. The van der Waals surface area contributed by atoms with Gasteiger partial charge in [-0.25, -0.2) is 0 Å². The lowest BCUT2D eigenvalue weighted by Gasteiger charge is -2.46. The van der Waals surface area contributed by atoms with Crippen molar-refractivity contribution in [3.05, 3.63) is 80.0 Å². The van der Waals surface area contributed by atoms with Crippen molar-refractivity contribution in [3.63, 3.8) is 0 Å². The zero-order chi connectivity index (χ0) is 25.9. The quantitative estimate of drug-likeness (QED) is 0.289. The Hall–Kier alpha value is -3.69. The Morgan fingerprint density at radius 1 is 1.03 bits per heavy atom. The maximum Gasteiger partial charge on any atom is 0.255 e. The van der Waals surface area contributed by atoms with Gasteiger partial charge in [0.15, 0.2) is 11.4 Å². The summed E-state index contributed by atoms with van der Waals surface area (Å²) in [5, 5.41) is 43.7. The molecule has 1 amide bonds. The first-order chi connectivity index (χ1) is 17.0. The van der Waals surface area contributed by atoms with Crippen molar-refractivity contribution in [2.75, 3.05) is 0 Å². The molecule has 0 unspecified atom stereocenters. The van der Waals surface area contributed by atoms with Gasteiger partial charge in [-0.3, -0.25) is 14.4 Å². The average molecular weight is 552 g/mol. The second-order valence-corrected chi connectivity index (χ2v) is 10.2. The van der Waals surface area contributed by atoms with Crippen LogP contribution in [0.4, 0.5) is 0 Å². The molecule has 9 heteroatoms. The second kappa shape index (κ2) is 8.46. The second-order valence-electron chi connectivity index (χ2n) is 9.32. The van der Waals surface area contributed by atoms with Gasteiger partial charge in [0.25, 0.3) is 5.91 Å². The van der Waals surface area contributed by atoms with E-state index in [0.717, 1.165) is 15.6 Å². The van der Waals surface area contributed by atoms with Gasteiger partial charge in [0.05, 0.1) is 5.56 Å². The number of aliphatic hydroxyl groups excluding tert-OH is 2. The SMILES string of the molecule is NC(=O)C1=C(O)[C@@]2(O)C(=O)C3=C(O)c4c(O)ccc(/C=C/c5ccc(Br)cc5)c4C[C@H]3C[C@H]2CC1=O. The van der Waals surface area contributed by atoms with Crippen molar-refractivity contribution in [1.82, 2.24) is 0 Å². The molecule has 0 bridgehead atoms. The number of primary amides is 1. The summed E-state index contributed by atoms with van der Waals surface area (Å²) >= 11 is 3.40. The number of rotatable bonds is 3. The molecule has 0 aromatic heterocycles. The number of hydrogen-bond acceptors (Lipinski definition) is 7. The van der Waals surface area contributed by atoms with Gasteiger partial charge in [0, 0.05) is 22.4 Å². The Bertz CT molecular complexity index is 1440. The monoisotopic (exact) mass is 551 g/mol. The van der Waals surface area contributed by atoms with E-state index in [0.29, 0.717) is 5.56 Å². The summed E-state index contributed by atoms with van der Waals surface area (Å²) in [7, 11) is 0. The Kier molecular flexibility index (Phi) is 5.65. The summed E-state index contributed by atoms with van der Waals surface area (Å²) < 4.78 is 0.941. The smallest absolute Gasteiger partial charge is 0.255 e. The van der Waals surface area contributed by atoms with Crippen LogP contribution in [0.3, 0.4) is 0 Å². The van der Waals surface area contributed by atoms with E-state index in [9.17, 15) is 34.8 Å². The number of nitrogens with two attached hydrogens (primary N) is 1. The van der Waals surface area contributed by atoms with E-state index in [2.05, 4.69) is 15.9 Å². The fraction of sp³-hybridized carbons (Fsp3) is 0.222. The largest absolute Gasteiger partial charge is 0.508 e. The Labute approximate surface area is 214 Å². The van der Waals surface area contributed by atoms with Crippen LogP contribution in [0.15, 0.2) is 57.8 Å². The lowest BCUT2D eigenvalue weighted by molar-refractivity contribution is -0.147. The van der Waals surface area contributed by atoms with E-state index < -0.39 is 52.0 Å². The van der Waals surface area contributed by atoms with Gasteiger partial charge in [-0.1, -0.05) is 46.3 Å². The van der Waals surface area contributed by atoms with Gasteiger partial charge in [-0.15, -0.1) is 0 Å². The number of benzene rings is 2. The summed E-state index contributed by atoms with van der Waals surface area (Å²) in [5.74, 6) is -6.40. The minimum absolute atomic E-state index is 0.0695. The van der Waals surface area contributed by atoms with Crippen molar-refractivity contribution in [1.29, 1.82) is 0 Å². The molecular weight excluding hydrogens is 530 g/mol. The highest BCUT2D eigenvalue weighted by Gasteiger charge is 2.60. The van der Waals surface area contributed by atoms with Gasteiger partial charge >= 0.3 is 0 Å². The van der Waals surface area contributed by atoms with Crippen molar-refractivity contribution >= 4 is 51.3 Å². The van der Waals surface area contributed by atoms with Crippen LogP contribution >= 0.6 is 15.9 Å².